The second kappa shape index (κ2) is 13.7. The molecule has 0 saturated heterocycles. The van der Waals surface area contributed by atoms with Crippen molar-refractivity contribution in [1.82, 2.24) is 0 Å². The fraction of sp³-hybridized carbons (Fsp3) is 0.818. The van der Waals surface area contributed by atoms with E-state index in [2.05, 4.69) is 16.4 Å². The number of aldehydes is 1. The Hall–Kier alpha value is -1.48. The predicted molar refractivity (Wildman–Crippen MR) is 109 cm³/mol. The standard InChI is InChI=1S/C8H14O2.C7H12O3.C7H10O3/c1-3-6-4-7(6)8(9)5-10-2;2*1-10-4-7(9)6-2-5(6)3-8/h6-7H,3-5H2,1-2H3;5-6,8H,2-4H2,1H3;3,5-6H,2,4H2,1H3. The molecule has 3 saturated carbocycles. The van der Waals surface area contributed by atoms with Crippen LogP contribution in [0.15, 0.2) is 0 Å². The average molecular weight is 429 g/mol. The van der Waals surface area contributed by atoms with Crippen LogP contribution in [0.3, 0.4) is 0 Å². The van der Waals surface area contributed by atoms with Gasteiger partial charge >= 0.3 is 0 Å². The van der Waals surface area contributed by atoms with Gasteiger partial charge in [-0.25, -0.2) is 0 Å². The highest BCUT2D eigenvalue weighted by Crippen LogP contribution is 2.41. The van der Waals surface area contributed by atoms with E-state index in [1.165, 1.54) is 14.2 Å². The molecule has 3 fully saturated rings. The number of rotatable bonds is 12. The van der Waals surface area contributed by atoms with Gasteiger partial charge in [0.15, 0.2) is 17.3 Å². The fourth-order valence-electron chi connectivity index (χ4n) is 3.42. The van der Waals surface area contributed by atoms with Gasteiger partial charge in [0.1, 0.15) is 26.1 Å². The third-order valence-electron chi connectivity index (χ3n) is 5.72. The first-order valence-electron chi connectivity index (χ1n) is 10.5. The van der Waals surface area contributed by atoms with Crippen molar-refractivity contribution in [3.63, 3.8) is 0 Å². The molecule has 30 heavy (non-hydrogen) atoms. The quantitative estimate of drug-likeness (QED) is 0.460. The van der Waals surface area contributed by atoms with Crippen LogP contribution < -0.4 is 0 Å². The normalized spacial score (nSPS) is 30.0. The molecular weight excluding hydrogens is 392 g/mol. The van der Waals surface area contributed by atoms with Crippen LogP contribution in [0.5, 0.6) is 0 Å². The van der Waals surface area contributed by atoms with Gasteiger partial charge in [0.2, 0.25) is 0 Å². The summed E-state index contributed by atoms with van der Waals surface area (Å²) in [7, 11) is 4.56. The van der Waals surface area contributed by atoms with Crippen LogP contribution in [0.1, 0.15) is 32.6 Å². The first kappa shape index (κ1) is 26.6. The Balaban J connectivity index is 0.000000225. The number of hydrogen-bond acceptors (Lipinski definition) is 8. The summed E-state index contributed by atoms with van der Waals surface area (Å²) in [6.07, 6.45) is 4.65. The Kier molecular flexibility index (Phi) is 12.2. The molecule has 0 aromatic carbocycles. The van der Waals surface area contributed by atoms with E-state index in [0.29, 0.717) is 18.4 Å². The predicted octanol–water partition coefficient (Wildman–Crippen LogP) is 1.12. The van der Waals surface area contributed by atoms with E-state index >= 15 is 0 Å². The minimum atomic E-state index is -0.0301. The van der Waals surface area contributed by atoms with Crippen LogP contribution >= 0.6 is 0 Å². The zero-order valence-corrected chi connectivity index (χ0v) is 18.5. The van der Waals surface area contributed by atoms with E-state index < -0.39 is 0 Å². The zero-order valence-electron chi connectivity index (χ0n) is 18.5. The molecule has 8 nitrogen and oxygen atoms in total. The van der Waals surface area contributed by atoms with Crippen LogP contribution in [0.4, 0.5) is 0 Å². The van der Waals surface area contributed by atoms with Crippen molar-refractivity contribution in [3.8, 4) is 0 Å². The molecule has 0 amide bonds. The van der Waals surface area contributed by atoms with Gasteiger partial charge < -0.3 is 24.1 Å². The average Bonchev–Trinajstić information content (AvgIpc) is 3.63. The molecule has 6 atom stereocenters. The molecule has 3 rings (SSSR count). The van der Waals surface area contributed by atoms with Crippen LogP contribution in [0.2, 0.25) is 0 Å². The Morgan fingerprint density at radius 2 is 1.23 bits per heavy atom. The van der Waals surface area contributed by atoms with Gasteiger partial charge in [-0.15, -0.1) is 0 Å². The molecule has 0 aromatic rings. The van der Waals surface area contributed by atoms with Crippen molar-refractivity contribution < 1.29 is 38.5 Å². The van der Waals surface area contributed by atoms with Crippen LogP contribution in [0, 0.1) is 35.5 Å². The zero-order chi connectivity index (χ0) is 22.7. The number of Topliss-reactive ketones (excluding diaryl/α,β-unsaturated/α-hetero) is 3. The van der Waals surface area contributed by atoms with Crippen LogP contribution in [-0.4, -0.2) is 76.5 Å². The molecule has 0 spiro atoms. The van der Waals surface area contributed by atoms with E-state index in [0.717, 1.165) is 32.0 Å². The maximum absolute atomic E-state index is 11.0. The minimum Gasteiger partial charge on any atom is -0.396 e. The summed E-state index contributed by atoms with van der Waals surface area (Å²) >= 11 is 0. The van der Waals surface area contributed by atoms with Crippen LogP contribution in [0.25, 0.3) is 0 Å². The van der Waals surface area contributed by atoms with Gasteiger partial charge in [0.25, 0.3) is 0 Å². The number of carbonyl (C=O) groups is 4. The van der Waals surface area contributed by atoms with E-state index in [-0.39, 0.29) is 60.8 Å². The molecule has 0 aliphatic heterocycles. The first-order chi connectivity index (χ1) is 14.4. The molecular formula is C22H36O8. The highest BCUT2D eigenvalue weighted by Gasteiger charge is 2.42. The Morgan fingerprint density at radius 3 is 1.53 bits per heavy atom. The molecule has 8 heteroatoms. The smallest absolute Gasteiger partial charge is 0.162 e. The summed E-state index contributed by atoms with van der Waals surface area (Å²) in [5.74, 6) is 1.75. The number of methoxy groups -OCH3 is 3. The maximum atomic E-state index is 11.0. The second-order valence-electron chi connectivity index (χ2n) is 8.14. The fourth-order valence-corrected chi connectivity index (χ4v) is 3.42. The van der Waals surface area contributed by atoms with E-state index in [9.17, 15) is 19.2 Å². The van der Waals surface area contributed by atoms with Gasteiger partial charge in [-0.2, -0.15) is 0 Å². The summed E-state index contributed by atoms with van der Waals surface area (Å²) in [6.45, 7) is 2.92. The highest BCUT2D eigenvalue weighted by molar-refractivity contribution is 5.88. The Bertz CT molecular complexity index is 543. The molecule has 3 aliphatic carbocycles. The number of ether oxygens (including phenoxy) is 3. The van der Waals surface area contributed by atoms with Crippen LogP contribution in [-0.2, 0) is 33.4 Å². The lowest BCUT2D eigenvalue weighted by Gasteiger charge is -1.95. The lowest BCUT2D eigenvalue weighted by atomic mass is 10.2. The lowest BCUT2D eigenvalue weighted by Crippen LogP contribution is -2.10. The van der Waals surface area contributed by atoms with Crippen molar-refractivity contribution in [2.24, 2.45) is 35.5 Å². The van der Waals surface area contributed by atoms with Gasteiger partial charge in [0, 0.05) is 51.6 Å². The molecule has 0 bridgehead atoms. The molecule has 0 aromatic heterocycles. The molecule has 0 heterocycles. The number of aliphatic hydroxyl groups is 1. The summed E-state index contributed by atoms with van der Waals surface area (Å²) in [5.41, 5.74) is 0. The lowest BCUT2D eigenvalue weighted by molar-refractivity contribution is -0.125. The summed E-state index contributed by atoms with van der Waals surface area (Å²) in [6, 6.07) is 0. The topological polar surface area (TPSA) is 116 Å². The summed E-state index contributed by atoms with van der Waals surface area (Å²) in [4.78, 5) is 43.0. The largest absolute Gasteiger partial charge is 0.396 e. The van der Waals surface area contributed by atoms with E-state index in [1.54, 1.807) is 7.11 Å². The molecule has 172 valence electrons. The maximum Gasteiger partial charge on any atom is 0.162 e. The van der Waals surface area contributed by atoms with Crippen molar-refractivity contribution >= 4 is 23.6 Å². The number of ketones is 3. The third kappa shape index (κ3) is 9.12. The third-order valence-corrected chi connectivity index (χ3v) is 5.72. The van der Waals surface area contributed by atoms with Gasteiger partial charge in [-0.1, -0.05) is 13.3 Å². The SMILES string of the molecule is CCC1CC1C(=O)COC.COCC(=O)C1CC1C=O.COCC(=O)C1CC1CO. The van der Waals surface area contributed by atoms with E-state index in [1.807, 2.05) is 0 Å². The van der Waals surface area contributed by atoms with Gasteiger partial charge in [-0.3, -0.25) is 14.4 Å². The molecule has 0 radical (unpaired) electrons. The van der Waals surface area contributed by atoms with E-state index in [4.69, 9.17) is 9.84 Å². The Morgan fingerprint density at radius 1 is 0.800 bits per heavy atom. The summed E-state index contributed by atoms with van der Waals surface area (Å²) in [5, 5.41) is 8.60. The van der Waals surface area contributed by atoms with Gasteiger partial charge in [-0.05, 0) is 31.1 Å². The number of hydrogen-bond donors (Lipinski definition) is 1. The van der Waals surface area contributed by atoms with Crippen molar-refractivity contribution in [3.05, 3.63) is 0 Å². The van der Waals surface area contributed by atoms with Crippen molar-refractivity contribution in [2.75, 3.05) is 47.8 Å². The minimum absolute atomic E-state index is 0.0114. The van der Waals surface area contributed by atoms with Gasteiger partial charge in [0.05, 0.1) is 0 Å². The molecule has 3 aliphatic rings. The summed E-state index contributed by atoms with van der Waals surface area (Å²) < 4.78 is 14.0. The number of carbonyl (C=O) groups excluding carboxylic acids is 4. The molecule has 1 N–H and O–H groups in total. The first-order valence-corrected chi connectivity index (χ1v) is 10.5. The second-order valence-corrected chi connectivity index (χ2v) is 8.14. The van der Waals surface area contributed by atoms with Crippen molar-refractivity contribution in [2.45, 2.75) is 32.6 Å². The highest BCUT2D eigenvalue weighted by atomic mass is 16.5. The monoisotopic (exact) mass is 428 g/mol. The molecule has 6 unspecified atom stereocenters. The Labute approximate surface area is 178 Å². The van der Waals surface area contributed by atoms with Crippen molar-refractivity contribution in [1.29, 1.82) is 0 Å². The number of aliphatic hydroxyl groups excluding tert-OH is 1.